The molecule has 1 aliphatic heterocycles. The molecule has 0 amide bonds. The lowest BCUT2D eigenvalue weighted by molar-refractivity contribution is 0.164. The van der Waals surface area contributed by atoms with Crippen molar-refractivity contribution in [2.45, 2.75) is 37.1 Å². The van der Waals surface area contributed by atoms with Gasteiger partial charge >= 0.3 is 0 Å². The molecule has 0 N–H and O–H groups in total. The molecule has 0 spiro atoms. The molecule has 5 nitrogen and oxygen atoms in total. The Bertz CT molecular complexity index is 884. The summed E-state index contributed by atoms with van der Waals surface area (Å²) in [6, 6.07) is 15.9. The van der Waals surface area contributed by atoms with Gasteiger partial charge in [0.1, 0.15) is 10.6 Å². The fraction of sp³-hybridized carbons (Fsp3) is 0.455. The largest absolute Gasteiger partial charge is 0.495 e. The van der Waals surface area contributed by atoms with Gasteiger partial charge in [-0.05, 0) is 56.5 Å². The number of hydrogen-bond donors (Lipinski definition) is 0. The van der Waals surface area contributed by atoms with Crippen molar-refractivity contribution in [1.29, 1.82) is 0 Å². The van der Waals surface area contributed by atoms with Gasteiger partial charge in [0.15, 0.2) is 0 Å². The van der Waals surface area contributed by atoms with E-state index < -0.39 is 10.0 Å². The minimum atomic E-state index is -3.58. The fourth-order valence-corrected chi connectivity index (χ4v) is 5.51. The number of aryl methyl sites for hydroxylation is 1. The average molecular weight is 403 g/mol. The van der Waals surface area contributed by atoms with Gasteiger partial charge in [0.05, 0.1) is 7.11 Å². The van der Waals surface area contributed by atoms with Crippen molar-refractivity contribution >= 4 is 10.0 Å². The van der Waals surface area contributed by atoms with Gasteiger partial charge in [0, 0.05) is 25.7 Å². The van der Waals surface area contributed by atoms with E-state index in [9.17, 15) is 8.42 Å². The number of sulfonamides is 1. The Labute approximate surface area is 169 Å². The van der Waals surface area contributed by atoms with Crippen molar-refractivity contribution in [2.75, 3.05) is 33.8 Å². The van der Waals surface area contributed by atoms with Crippen LogP contribution in [0.5, 0.6) is 5.75 Å². The predicted octanol–water partition coefficient (Wildman–Crippen LogP) is 3.33. The van der Waals surface area contributed by atoms with E-state index in [0.29, 0.717) is 18.8 Å². The minimum Gasteiger partial charge on any atom is -0.495 e. The highest BCUT2D eigenvalue weighted by Crippen LogP contribution is 2.30. The summed E-state index contributed by atoms with van der Waals surface area (Å²) in [5.74, 6) is 0.408. The van der Waals surface area contributed by atoms with Crippen LogP contribution >= 0.6 is 0 Å². The summed E-state index contributed by atoms with van der Waals surface area (Å²) in [6.45, 7) is 3.89. The number of piperidine rings is 1. The average Bonchev–Trinajstić information content (AvgIpc) is 2.72. The maximum atomic E-state index is 13.3. The first-order valence-electron chi connectivity index (χ1n) is 9.81. The Balaban J connectivity index is 1.71. The van der Waals surface area contributed by atoms with Crippen molar-refractivity contribution in [3.8, 4) is 5.75 Å². The molecule has 0 saturated carbocycles. The Kier molecular flexibility index (Phi) is 6.75. The predicted molar refractivity (Wildman–Crippen MR) is 112 cm³/mol. The van der Waals surface area contributed by atoms with Crippen molar-refractivity contribution in [2.24, 2.45) is 0 Å². The van der Waals surface area contributed by atoms with E-state index in [2.05, 4.69) is 36.2 Å². The van der Waals surface area contributed by atoms with Crippen LogP contribution in [-0.2, 0) is 16.4 Å². The Hall–Kier alpha value is -1.89. The van der Waals surface area contributed by atoms with Gasteiger partial charge in [-0.2, -0.15) is 4.31 Å². The Morgan fingerprint density at radius 1 is 1.18 bits per heavy atom. The van der Waals surface area contributed by atoms with Crippen molar-refractivity contribution < 1.29 is 13.2 Å². The summed E-state index contributed by atoms with van der Waals surface area (Å²) >= 11 is 0. The van der Waals surface area contributed by atoms with E-state index in [1.165, 1.54) is 12.7 Å². The van der Waals surface area contributed by atoms with Crippen molar-refractivity contribution in [3.63, 3.8) is 0 Å². The highest BCUT2D eigenvalue weighted by molar-refractivity contribution is 7.89. The number of rotatable bonds is 7. The second kappa shape index (κ2) is 9.07. The minimum absolute atomic E-state index is 0.225. The number of benzene rings is 2. The summed E-state index contributed by atoms with van der Waals surface area (Å²) in [4.78, 5) is 2.56. The molecular weight excluding hydrogens is 372 g/mol. The normalized spacial score (nSPS) is 18.4. The molecule has 1 fully saturated rings. The molecule has 0 aliphatic carbocycles. The number of likely N-dealkylation sites (N-methyl/N-ethyl adjacent to an activating group) is 1. The molecular formula is C22H30N2O3S. The standard InChI is InChI=1S/C22H30N2O3S/c1-18-11-12-21(27-3)22(16-18)28(25,26)24-14-7-10-20(17-24)23(2)15-13-19-8-5-4-6-9-19/h4-6,8-9,11-12,16,20H,7,10,13-15,17H2,1-3H3/t20-/m0/s1. The molecule has 3 rings (SSSR count). The van der Waals surface area contributed by atoms with Crippen molar-refractivity contribution in [3.05, 3.63) is 59.7 Å². The van der Waals surface area contributed by atoms with Crippen LogP contribution in [0, 0.1) is 6.92 Å². The summed E-state index contributed by atoms with van der Waals surface area (Å²) in [5, 5.41) is 0. The smallest absolute Gasteiger partial charge is 0.246 e. The molecule has 1 heterocycles. The van der Waals surface area contributed by atoms with Gasteiger partial charge < -0.3 is 9.64 Å². The van der Waals surface area contributed by atoms with E-state index in [0.717, 1.165) is 31.4 Å². The molecule has 1 saturated heterocycles. The second-order valence-corrected chi connectivity index (χ2v) is 9.44. The lowest BCUT2D eigenvalue weighted by atomic mass is 10.1. The monoisotopic (exact) mass is 402 g/mol. The highest BCUT2D eigenvalue weighted by atomic mass is 32.2. The molecule has 0 unspecified atom stereocenters. The zero-order valence-corrected chi connectivity index (χ0v) is 17.8. The second-order valence-electron chi connectivity index (χ2n) is 7.53. The van der Waals surface area contributed by atoms with Crippen LogP contribution < -0.4 is 4.74 Å². The van der Waals surface area contributed by atoms with Gasteiger partial charge in [-0.3, -0.25) is 0 Å². The Morgan fingerprint density at radius 2 is 1.93 bits per heavy atom. The number of methoxy groups -OCH3 is 1. The molecule has 0 bridgehead atoms. The topological polar surface area (TPSA) is 49.9 Å². The molecule has 6 heteroatoms. The van der Waals surface area contributed by atoms with Crippen LogP contribution in [0.4, 0.5) is 0 Å². The van der Waals surface area contributed by atoms with Gasteiger partial charge in [-0.15, -0.1) is 0 Å². The zero-order chi connectivity index (χ0) is 20.1. The van der Waals surface area contributed by atoms with Gasteiger partial charge in [0.25, 0.3) is 0 Å². The van der Waals surface area contributed by atoms with Crippen LogP contribution in [0.2, 0.25) is 0 Å². The zero-order valence-electron chi connectivity index (χ0n) is 17.0. The van der Waals surface area contributed by atoms with E-state index >= 15 is 0 Å². The van der Waals surface area contributed by atoms with E-state index in [4.69, 9.17) is 4.74 Å². The summed E-state index contributed by atoms with van der Waals surface area (Å²) in [6.07, 6.45) is 2.85. The van der Waals surface area contributed by atoms with Gasteiger partial charge in [0.2, 0.25) is 10.0 Å². The first-order valence-corrected chi connectivity index (χ1v) is 11.2. The third kappa shape index (κ3) is 4.74. The van der Waals surface area contributed by atoms with Gasteiger partial charge in [-0.25, -0.2) is 8.42 Å². The molecule has 2 aromatic carbocycles. The molecule has 2 aromatic rings. The highest BCUT2D eigenvalue weighted by Gasteiger charge is 2.33. The third-order valence-corrected chi connectivity index (χ3v) is 7.40. The van der Waals surface area contributed by atoms with Crippen LogP contribution in [-0.4, -0.2) is 57.5 Å². The van der Waals surface area contributed by atoms with E-state index in [-0.39, 0.29) is 10.9 Å². The first kappa shape index (κ1) is 20.8. The number of ether oxygens (including phenoxy) is 1. The molecule has 1 atom stereocenters. The maximum Gasteiger partial charge on any atom is 0.246 e. The molecule has 0 radical (unpaired) electrons. The van der Waals surface area contributed by atoms with Crippen molar-refractivity contribution in [1.82, 2.24) is 9.21 Å². The summed E-state index contributed by atoms with van der Waals surface area (Å²) in [7, 11) is 0.0290. The lowest BCUT2D eigenvalue weighted by Gasteiger charge is -2.37. The molecule has 152 valence electrons. The van der Waals surface area contributed by atoms with E-state index in [1.807, 2.05) is 19.1 Å². The molecule has 28 heavy (non-hydrogen) atoms. The first-order chi connectivity index (χ1) is 13.4. The SMILES string of the molecule is COc1ccc(C)cc1S(=O)(=O)N1CCC[C@H](N(C)CCc2ccccc2)C1. The third-order valence-electron chi connectivity index (χ3n) is 5.52. The van der Waals surface area contributed by atoms with Crippen LogP contribution in [0.3, 0.4) is 0 Å². The quantitative estimate of drug-likeness (QED) is 0.713. The summed E-state index contributed by atoms with van der Waals surface area (Å²) < 4.78 is 33.5. The number of nitrogens with zero attached hydrogens (tertiary/aromatic N) is 2. The summed E-state index contributed by atoms with van der Waals surface area (Å²) in [5.41, 5.74) is 2.21. The van der Waals surface area contributed by atoms with Gasteiger partial charge in [-0.1, -0.05) is 36.4 Å². The Morgan fingerprint density at radius 3 is 2.64 bits per heavy atom. The lowest BCUT2D eigenvalue weighted by Crippen LogP contribution is -2.49. The van der Waals surface area contributed by atoms with Crippen LogP contribution in [0.1, 0.15) is 24.0 Å². The van der Waals surface area contributed by atoms with E-state index in [1.54, 1.807) is 16.4 Å². The number of hydrogen-bond acceptors (Lipinski definition) is 4. The van der Waals surface area contributed by atoms with Crippen LogP contribution in [0.15, 0.2) is 53.4 Å². The fourth-order valence-electron chi connectivity index (χ4n) is 3.76. The molecule has 1 aliphatic rings. The molecule has 0 aromatic heterocycles. The van der Waals surface area contributed by atoms with Crippen LogP contribution in [0.25, 0.3) is 0 Å². The maximum absolute atomic E-state index is 13.3.